The number of rotatable bonds is 6. The molecule has 1 aromatic rings. The minimum Gasteiger partial charge on any atom is -0.493 e. The molecule has 0 aromatic heterocycles. The molecule has 18 heavy (non-hydrogen) atoms. The largest absolute Gasteiger partial charge is 0.493 e. The first kappa shape index (κ1) is 12.3. The molecular formula is C15H20ClNO. The molecule has 0 saturated heterocycles. The standard InChI is InChI=1S/C15H20ClNO/c16-10-15(5-6-15)11-17-7-3-12-1-2-14-13(9-12)4-8-18-14/h1-2,9,17H,3-8,10-11H2. The molecule has 3 rings (SSSR count). The second kappa shape index (κ2) is 5.10. The molecule has 2 nitrogen and oxygen atoms in total. The van der Waals surface area contributed by atoms with Crippen LogP contribution in [0.25, 0.3) is 0 Å². The molecule has 1 aromatic carbocycles. The van der Waals surface area contributed by atoms with Crippen molar-refractivity contribution in [3.8, 4) is 5.75 Å². The fraction of sp³-hybridized carbons (Fsp3) is 0.600. The summed E-state index contributed by atoms with van der Waals surface area (Å²) < 4.78 is 5.52. The van der Waals surface area contributed by atoms with E-state index in [0.29, 0.717) is 5.41 Å². The van der Waals surface area contributed by atoms with E-state index in [2.05, 4.69) is 23.5 Å². The highest BCUT2D eigenvalue weighted by Gasteiger charge is 2.40. The fourth-order valence-electron chi connectivity index (χ4n) is 2.52. The molecule has 0 bridgehead atoms. The van der Waals surface area contributed by atoms with Crippen LogP contribution < -0.4 is 10.1 Å². The van der Waals surface area contributed by atoms with Crippen LogP contribution in [0.15, 0.2) is 18.2 Å². The quantitative estimate of drug-likeness (QED) is 0.631. The van der Waals surface area contributed by atoms with Crippen molar-refractivity contribution in [3.63, 3.8) is 0 Å². The number of halogens is 1. The van der Waals surface area contributed by atoms with Crippen molar-refractivity contribution < 1.29 is 4.74 Å². The lowest BCUT2D eigenvalue weighted by Gasteiger charge is -2.12. The fourth-order valence-corrected chi connectivity index (χ4v) is 2.88. The zero-order valence-electron chi connectivity index (χ0n) is 10.7. The van der Waals surface area contributed by atoms with E-state index in [9.17, 15) is 0 Å². The second-order valence-corrected chi connectivity index (χ2v) is 5.87. The van der Waals surface area contributed by atoms with Gasteiger partial charge in [-0.2, -0.15) is 0 Å². The van der Waals surface area contributed by atoms with Crippen LogP contribution in [0.1, 0.15) is 24.0 Å². The molecule has 0 unspecified atom stereocenters. The molecule has 2 aliphatic rings. The van der Waals surface area contributed by atoms with E-state index in [4.69, 9.17) is 16.3 Å². The van der Waals surface area contributed by atoms with Gasteiger partial charge >= 0.3 is 0 Å². The van der Waals surface area contributed by atoms with Crippen LogP contribution in [0.5, 0.6) is 5.75 Å². The Bertz CT molecular complexity index is 429. The van der Waals surface area contributed by atoms with Gasteiger partial charge in [0.15, 0.2) is 0 Å². The van der Waals surface area contributed by atoms with E-state index >= 15 is 0 Å². The number of fused-ring (bicyclic) bond motifs is 1. The van der Waals surface area contributed by atoms with Crippen molar-refractivity contribution in [1.29, 1.82) is 0 Å². The Labute approximate surface area is 114 Å². The number of alkyl halides is 1. The van der Waals surface area contributed by atoms with Gasteiger partial charge in [0.25, 0.3) is 0 Å². The van der Waals surface area contributed by atoms with Gasteiger partial charge < -0.3 is 10.1 Å². The number of benzene rings is 1. The summed E-state index contributed by atoms with van der Waals surface area (Å²) in [6, 6.07) is 6.58. The molecule has 1 saturated carbocycles. The van der Waals surface area contributed by atoms with Gasteiger partial charge in [0.05, 0.1) is 6.61 Å². The smallest absolute Gasteiger partial charge is 0.122 e. The van der Waals surface area contributed by atoms with E-state index in [1.165, 1.54) is 24.0 Å². The molecule has 1 heterocycles. The lowest BCUT2D eigenvalue weighted by atomic mass is 10.1. The summed E-state index contributed by atoms with van der Waals surface area (Å²) in [5.41, 5.74) is 3.20. The summed E-state index contributed by atoms with van der Waals surface area (Å²) in [4.78, 5) is 0. The highest BCUT2D eigenvalue weighted by molar-refractivity contribution is 6.18. The van der Waals surface area contributed by atoms with Crippen molar-refractivity contribution >= 4 is 11.6 Å². The molecule has 0 amide bonds. The average Bonchev–Trinajstić information content (AvgIpc) is 3.03. The average molecular weight is 266 g/mol. The van der Waals surface area contributed by atoms with E-state index < -0.39 is 0 Å². The highest BCUT2D eigenvalue weighted by Crippen LogP contribution is 2.45. The van der Waals surface area contributed by atoms with Gasteiger partial charge in [-0.05, 0) is 48.4 Å². The van der Waals surface area contributed by atoms with Gasteiger partial charge in [-0.15, -0.1) is 11.6 Å². The number of hydrogen-bond donors (Lipinski definition) is 1. The zero-order chi connectivity index (χ0) is 12.4. The van der Waals surface area contributed by atoms with Gasteiger partial charge in [-0.25, -0.2) is 0 Å². The third kappa shape index (κ3) is 2.65. The Hall–Kier alpha value is -0.730. The molecule has 0 radical (unpaired) electrons. The van der Waals surface area contributed by atoms with Crippen LogP contribution in [0.2, 0.25) is 0 Å². The predicted octanol–water partition coefficient (Wildman–Crippen LogP) is 2.77. The first-order chi connectivity index (χ1) is 8.81. The molecule has 0 spiro atoms. The summed E-state index contributed by atoms with van der Waals surface area (Å²) in [6.07, 6.45) is 4.73. The maximum Gasteiger partial charge on any atom is 0.122 e. The molecular weight excluding hydrogens is 246 g/mol. The maximum atomic E-state index is 5.96. The minimum atomic E-state index is 0.424. The van der Waals surface area contributed by atoms with Gasteiger partial charge in [-0.1, -0.05) is 12.1 Å². The summed E-state index contributed by atoms with van der Waals surface area (Å²) in [7, 11) is 0. The molecule has 1 N–H and O–H groups in total. The second-order valence-electron chi connectivity index (χ2n) is 5.60. The van der Waals surface area contributed by atoms with Crippen LogP contribution in [-0.2, 0) is 12.8 Å². The first-order valence-electron chi connectivity index (χ1n) is 6.83. The van der Waals surface area contributed by atoms with Crippen molar-refractivity contribution in [2.75, 3.05) is 25.6 Å². The Balaban J connectivity index is 1.46. The van der Waals surface area contributed by atoms with E-state index in [-0.39, 0.29) is 0 Å². The van der Waals surface area contributed by atoms with E-state index in [1.807, 2.05) is 0 Å². The van der Waals surface area contributed by atoms with E-state index in [1.54, 1.807) is 0 Å². The number of ether oxygens (including phenoxy) is 1. The number of nitrogens with one attached hydrogen (secondary N) is 1. The lowest BCUT2D eigenvalue weighted by Crippen LogP contribution is -2.26. The lowest BCUT2D eigenvalue weighted by molar-refractivity contribution is 0.357. The van der Waals surface area contributed by atoms with Crippen LogP contribution in [0.3, 0.4) is 0 Å². The van der Waals surface area contributed by atoms with Crippen molar-refractivity contribution in [2.45, 2.75) is 25.7 Å². The topological polar surface area (TPSA) is 21.3 Å². The highest BCUT2D eigenvalue weighted by atomic mass is 35.5. The van der Waals surface area contributed by atoms with Crippen LogP contribution >= 0.6 is 11.6 Å². The van der Waals surface area contributed by atoms with Crippen molar-refractivity contribution in [1.82, 2.24) is 5.32 Å². The Morgan fingerprint density at radius 3 is 3.00 bits per heavy atom. The first-order valence-corrected chi connectivity index (χ1v) is 7.36. The van der Waals surface area contributed by atoms with Gasteiger partial charge in [0.2, 0.25) is 0 Å². The maximum absolute atomic E-state index is 5.96. The summed E-state index contributed by atoms with van der Waals surface area (Å²) in [5.74, 6) is 1.88. The van der Waals surface area contributed by atoms with Crippen LogP contribution in [0, 0.1) is 5.41 Å². The zero-order valence-corrected chi connectivity index (χ0v) is 11.4. The summed E-state index contributed by atoms with van der Waals surface area (Å²) in [5, 5.41) is 3.54. The monoisotopic (exact) mass is 265 g/mol. The van der Waals surface area contributed by atoms with Crippen molar-refractivity contribution in [3.05, 3.63) is 29.3 Å². The molecule has 1 aliphatic carbocycles. The van der Waals surface area contributed by atoms with Crippen LogP contribution in [0.4, 0.5) is 0 Å². The Morgan fingerprint density at radius 2 is 2.22 bits per heavy atom. The van der Waals surface area contributed by atoms with E-state index in [0.717, 1.165) is 44.2 Å². The molecule has 3 heteroatoms. The predicted molar refractivity (Wildman–Crippen MR) is 74.6 cm³/mol. The van der Waals surface area contributed by atoms with Crippen LogP contribution in [-0.4, -0.2) is 25.6 Å². The Kier molecular flexibility index (Phi) is 3.49. The van der Waals surface area contributed by atoms with Crippen molar-refractivity contribution in [2.24, 2.45) is 5.41 Å². The SMILES string of the molecule is ClCC1(CNCCc2ccc3c(c2)CCO3)CC1. The third-order valence-electron chi connectivity index (χ3n) is 4.08. The summed E-state index contributed by atoms with van der Waals surface area (Å²) >= 11 is 5.96. The summed E-state index contributed by atoms with van der Waals surface area (Å²) in [6.45, 7) is 2.96. The molecule has 98 valence electrons. The Morgan fingerprint density at radius 1 is 1.33 bits per heavy atom. The van der Waals surface area contributed by atoms with Gasteiger partial charge in [-0.3, -0.25) is 0 Å². The number of hydrogen-bond acceptors (Lipinski definition) is 2. The van der Waals surface area contributed by atoms with Gasteiger partial charge in [0, 0.05) is 18.8 Å². The molecule has 1 aliphatic heterocycles. The third-order valence-corrected chi connectivity index (χ3v) is 4.65. The molecule has 1 fully saturated rings. The van der Waals surface area contributed by atoms with Gasteiger partial charge in [0.1, 0.15) is 5.75 Å². The normalized spacial score (nSPS) is 19.4. The molecule has 0 atom stereocenters. The minimum absolute atomic E-state index is 0.424.